The van der Waals surface area contributed by atoms with Gasteiger partial charge in [-0.15, -0.1) is 11.3 Å². The summed E-state index contributed by atoms with van der Waals surface area (Å²) in [5.74, 6) is -0.373. The molecule has 0 unspecified atom stereocenters. The number of aromatic nitrogens is 1. The van der Waals surface area contributed by atoms with E-state index in [9.17, 15) is 4.79 Å². The fourth-order valence-electron chi connectivity index (χ4n) is 2.33. The molecule has 6 nitrogen and oxygen atoms in total. The van der Waals surface area contributed by atoms with Gasteiger partial charge in [-0.1, -0.05) is 0 Å². The first-order valence-corrected chi connectivity index (χ1v) is 7.61. The van der Waals surface area contributed by atoms with E-state index in [4.69, 9.17) is 9.84 Å². The summed E-state index contributed by atoms with van der Waals surface area (Å²) >= 11 is 1.53. The van der Waals surface area contributed by atoms with E-state index in [2.05, 4.69) is 14.8 Å². The number of methoxy groups -OCH3 is 1. The zero-order valence-electron chi connectivity index (χ0n) is 12.0. The molecule has 0 bridgehead atoms. The summed E-state index contributed by atoms with van der Waals surface area (Å²) in [6.45, 7) is 6.51. The first-order chi connectivity index (χ1) is 9.65. The maximum atomic E-state index is 11.6. The van der Waals surface area contributed by atoms with Crippen LogP contribution in [0.4, 0.5) is 5.13 Å². The van der Waals surface area contributed by atoms with Gasteiger partial charge in [0.05, 0.1) is 13.7 Å². The van der Waals surface area contributed by atoms with Crippen molar-refractivity contribution >= 4 is 22.4 Å². The second-order valence-electron chi connectivity index (χ2n) is 4.80. The molecule has 2 rings (SSSR count). The Morgan fingerprint density at radius 3 is 2.90 bits per heavy atom. The molecule has 7 heteroatoms. The van der Waals surface area contributed by atoms with Crippen molar-refractivity contribution in [1.29, 1.82) is 0 Å². The summed E-state index contributed by atoms with van der Waals surface area (Å²) in [4.78, 5) is 21.4. The number of aryl methyl sites for hydroxylation is 1. The lowest BCUT2D eigenvalue weighted by Gasteiger charge is -2.20. The minimum Gasteiger partial charge on any atom is -0.464 e. The molecule has 0 aliphatic carbocycles. The Labute approximate surface area is 123 Å². The van der Waals surface area contributed by atoms with Crippen LogP contribution in [-0.4, -0.2) is 67.4 Å². The highest BCUT2D eigenvalue weighted by Gasteiger charge is 2.21. The number of carbonyl (C=O) groups is 1. The van der Waals surface area contributed by atoms with E-state index in [1.165, 1.54) is 18.4 Å². The van der Waals surface area contributed by atoms with E-state index in [0.717, 1.165) is 49.2 Å². The summed E-state index contributed by atoms with van der Waals surface area (Å²) in [6.07, 6.45) is 1.03. The molecule has 0 aromatic carbocycles. The quantitative estimate of drug-likeness (QED) is 0.827. The fraction of sp³-hybridized carbons (Fsp3) is 0.692. The van der Waals surface area contributed by atoms with Gasteiger partial charge in [0.1, 0.15) is 0 Å². The summed E-state index contributed by atoms with van der Waals surface area (Å²) in [5.41, 5.74) is 0.420. The van der Waals surface area contributed by atoms with E-state index in [1.807, 2.05) is 6.92 Å². The molecule has 1 N–H and O–H groups in total. The van der Waals surface area contributed by atoms with Crippen LogP contribution in [0, 0.1) is 6.92 Å². The van der Waals surface area contributed by atoms with E-state index in [0.29, 0.717) is 5.69 Å². The van der Waals surface area contributed by atoms with Gasteiger partial charge < -0.3 is 14.7 Å². The Bertz CT molecular complexity index is 464. The topological polar surface area (TPSA) is 65.9 Å². The van der Waals surface area contributed by atoms with Crippen molar-refractivity contribution in [2.45, 2.75) is 13.3 Å². The first-order valence-electron chi connectivity index (χ1n) is 6.79. The van der Waals surface area contributed by atoms with Crippen LogP contribution >= 0.6 is 11.3 Å². The van der Waals surface area contributed by atoms with Gasteiger partial charge in [-0.25, -0.2) is 9.78 Å². The molecule has 0 spiro atoms. The molecule has 20 heavy (non-hydrogen) atoms. The lowest BCUT2D eigenvalue weighted by Crippen LogP contribution is -2.32. The molecule has 2 heterocycles. The third-order valence-corrected chi connectivity index (χ3v) is 4.47. The van der Waals surface area contributed by atoms with Crippen LogP contribution < -0.4 is 4.90 Å². The monoisotopic (exact) mass is 299 g/mol. The van der Waals surface area contributed by atoms with Crippen LogP contribution in [0.1, 0.15) is 21.8 Å². The molecule has 1 aromatic heterocycles. The normalized spacial score (nSPS) is 17.1. The number of β-amino-alcohol motifs (C(OH)–C–C–N with tert-alkyl or cyclic N) is 1. The predicted octanol–water partition coefficient (Wildman–Crippen LogP) is 0.743. The van der Waals surface area contributed by atoms with Gasteiger partial charge in [0.15, 0.2) is 10.8 Å². The number of hydrogen-bond acceptors (Lipinski definition) is 7. The number of thiazole rings is 1. The molecule has 1 aliphatic heterocycles. The summed E-state index contributed by atoms with van der Waals surface area (Å²) in [6, 6.07) is 0. The van der Waals surface area contributed by atoms with Gasteiger partial charge in [0.2, 0.25) is 0 Å². The Hall–Kier alpha value is -1.18. The number of aliphatic hydroxyl groups excluding tert-OH is 1. The Kier molecular flexibility index (Phi) is 5.33. The minimum atomic E-state index is -0.373. The number of esters is 1. The highest BCUT2D eigenvalue weighted by Crippen LogP contribution is 2.27. The van der Waals surface area contributed by atoms with Crippen molar-refractivity contribution < 1.29 is 14.6 Å². The molecule has 112 valence electrons. The van der Waals surface area contributed by atoms with Crippen molar-refractivity contribution in [2.24, 2.45) is 0 Å². The maximum absolute atomic E-state index is 11.6. The Balaban J connectivity index is 2.06. The number of aliphatic hydroxyl groups is 1. The van der Waals surface area contributed by atoms with E-state index in [1.54, 1.807) is 0 Å². The number of anilines is 1. The molecule has 0 radical (unpaired) electrons. The lowest BCUT2D eigenvalue weighted by atomic mass is 10.4. The van der Waals surface area contributed by atoms with E-state index < -0.39 is 0 Å². The highest BCUT2D eigenvalue weighted by molar-refractivity contribution is 7.15. The van der Waals surface area contributed by atoms with Crippen molar-refractivity contribution in [1.82, 2.24) is 9.88 Å². The van der Waals surface area contributed by atoms with Gasteiger partial charge in [0.25, 0.3) is 0 Å². The van der Waals surface area contributed by atoms with Gasteiger partial charge in [-0.3, -0.25) is 4.90 Å². The van der Waals surface area contributed by atoms with Crippen molar-refractivity contribution in [3.05, 3.63) is 10.6 Å². The summed E-state index contributed by atoms with van der Waals surface area (Å²) < 4.78 is 4.74. The van der Waals surface area contributed by atoms with Crippen molar-refractivity contribution in [3.63, 3.8) is 0 Å². The van der Waals surface area contributed by atoms with Crippen LogP contribution in [0.25, 0.3) is 0 Å². The number of carbonyl (C=O) groups excluding carboxylic acids is 1. The molecular formula is C13H21N3O3S. The zero-order valence-corrected chi connectivity index (χ0v) is 12.8. The summed E-state index contributed by atoms with van der Waals surface area (Å²) in [5, 5.41) is 9.89. The zero-order chi connectivity index (χ0) is 14.5. The smallest absolute Gasteiger partial charge is 0.357 e. The lowest BCUT2D eigenvalue weighted by molar-refractivity contribution is 0.0594. The minimum absolute atomic E-state index is 0.197. The standard InChI is InChI=1S/C13H21N3O3S/c1-10-11(12(18)19-2)14-13(20-10)16-5-3-4-15(6-7-16)8-9-17/h17H,3-9H2,1-2H3. The molecule has 1 aromatic rings. The van der Waals surface area contributed by atoms with Crippen LogP contribution in [-0.2, 0) is 4.74 Å². The number of hydrogen-bond donors (Lipinski definition) is 1. The van der Waals surface area contributed by atoms with E-state index in [-0.39, 0.29) is 12.6 Å². The van der Waals surface area contributed by atoms with Gasteiger partial charge in [0, 0.05) is 31.1 Å². The third kappa shape index (κ3) is 3.47. The highest BCUT2D eigenvalue weighted by atomic mass is 32.1. The molecule has 1 aliphatic rings. The molecule has 0 saturated carbocycles. The van der Waals surface area contributed by atoms with Crippen LogP contribution in [0.15, 0.2) is 0 Å². The van der Waals surface area contributed by atoms with Crippen molar-refractivity contribution in [2.75, 3.05) is 51.3 Å². The average Bonchev–Trinajstić information content (AvgIpc) is 2.68. The second-order valence-corrected chi connectivity index (χ2v) is 5.98. The number of rotatable bonds is 4. The third-order valence-electron chi connectivity index (χ3n) is 3.44. The number of ether oxygens (including phenoxy) is 1. The van der Waals surface area contributed by atoms with Crippen LogP contribution in [0.3, 0.4) is 0 Å². The molecule has 0 amide bonds. The van der Waals surface area contributed by atoms with Gasteiger partial charge in [-0.2, -0.15) is 0 Å². The molecule has 1 saturated heterocycles. The fourth-order valence-corrected chi connectivity index (χ4v) is 3.28. The molecule has 0 atom stereocenters. The Morgan fingerprint density at radius 2 is 2.20 bits per heavy atom. The van der Waals surface area contributed by atoms with Gasteiger partial charge >= 0.3 is 5.97 Å². The van der Waals surface area contributed by atoms with Crippen LogP contribution in [0.5, 0.6) is 0 Å². The Morgan fingerprint density at radius 1 is 1.40 bits per heavy atom. The first kappa shape index (κ1) is 15.2. The molecular weight excluding hydrogens is 278 g/mol. The SMILES string of the molecule is COC(=O)c1nc(N2CCCN(CCO)CC2)sc1C. The maximum Gasteiger partial charge on any atom is 0.357 e. The van der Waals surface area contributed by atoms with Gasteiger partial charge in [-0.05, 0) is 19.9 Å². The van der Waals surface area contributed by atoms with Crippen molar-refractivity contribution in [3.8, 4) is 0 Å². The van der Waals surface area contributed by atoms with E-state index >= 15 is 0 Å². The predicted molar refractivity (Wildman–Crippen MR) is 78.5 cm³/mol. The average molecular weight is 299 g/mol. The molecule has 1 fully saturated rings. The van der Waals surface area contributed by atoms with Crippen LogP contribution in [0.2, 0.25) is 0 Å². The largest absolute Gasteiger partial charge is 0.464 e. The number of nitrogens with zero attached hydrogens (tertiary/aromatic N) is 3. The summed E-state index contributed by atoms with van der Waals surface area (Å²) in [7, 11) is 1.37. The second kappa shape index (κ2) is 7.01.